The van der Waals surface area contributed by atoms with E-state index in [1.165, 1.54) is 53.2 Å². The lowest BCUT2D eigenvalue weighted by Crippen LogP contribution is -2.14. The van der Waals surface area contributed by atoms with Crippen LogP contribution in [0.4, 0.5) is 11.4 Å². The molecule has 0 unspecified atom stereocenters. The minimum absolute atomic E-state index is 0.0415. The molecule has 0 aliphatic rings. The molecular formula is C17H12ClN5O4. The highest BCUT2D eigenvalue weighted by molar-refractivity contribution is 6.34. The first kappa shape index (κ1) is 18.1. The third-order valence-corrected chi connectivity index (χ3v) is 3.95. The van der Waals surface area contributed by atoms with E-state index in [-0.39, 0.29) is 22.0 Å². The molecule has 0 fully saturated rings. The molecule has 0 saturated carbocycles. The molecule has 9 nitrogen and oxygen atoms in total. The largest absolute Gasteiger partial charge is 0.366 e. The predicted molar refractivity (Wildman–Crippen MR) is 98.1 cm³/mol. The number of nitro benzene ring substituents is 1. The average Bonchev–Trinajstić information content (AvgIpc) is 3.12. The molecule has 2 amide bonds. The molecule has 3 N–H and O–H groups in total. The van der Waals surface area contributed by atoms with Gasteiger partial charge in [0, 0.05) is 24.0 Å². The van der Waals surface area contributed by atoms with E-state index in [4.69, 9.17) is 17.3 Å². The van der Waals surface area contributed by atoms with E-state index in [0.29, 0.717) is 11.4 Å². The van der Waals surface area contributed by atoms with Gasteiger partial charge in [-0.15, -0.1) is 0 Å². The Balaban J connectivity index is 1.76. The number of nitro groups is 1. The van der Waals surface area contributed by atoms with Gasteiger partial charge in [0.2, 0.25) is 5.91 Å². The van der Waals surface area contributed by atoms with Crippen molar-refractivity contribution in [1.82, 2.24) is 9.78 Å². The number of carbonyl (C=O) groups is 2. The minimum Gasteiger partial charge on any atom is -0.366 e. The summed E-state index contributed by atoms with van der Waals surface area (Å²) in [5.41, 5.74) is 6.36. The van der Waals surface area contributed by atoms with Crippen LogP contribution in [0.1, 0.15) is 20.8 Å². The van der Waals surface area contributed by atoms with Crippen LogP contribution in [0.15, 0.2) is 54.7 Å². The summed E-state index contributed by atoms with van der Waals surface area (Å²) in [5.74, 6) is -1.15. The molecule has 10 heteroatoms. The Labute approximate surface area is 157 Å². The Hall–Kier alpha value is -3.72. The van der Waals surface area contributed by atoms with E-state index in [2.05, 4.69) is 10.4 Å². The Morgan fingerprint density at radius 2 is 1.85 bits per heavy atom. The number of amides is 2. The van der Waals surface area contributed by atoms with Crippen molar-refractivity contribution in [3.05, 3.63) is 81.1 Å². The summed E-state index contributed by atoms with van der Waals surface area (Å²) in [5, 5.41) is 17.6. The van der Waals surface area contributed by atoms with Crippen LogP contribution < -0.4 is 11.1 Å². The van der Waals surface area contributed by atoms with Gasteiger partial charge in [-0.3, -0.25) is 19.7 Å². The number of hydrogen-bond donors (Lipinski definition) is 2. The fourth-order valence-electron chi connectivity index (χ4n) is 2.30. The molecule has 27 heavy (non-hydrogen) atoms. The van der Waals surface area contributed by atoms with Crippen molar-refractivity contribution >= 4 is 34.8 Å². The molecule has 136 valence electrons. The van der Waals surface area contributed by atoms with E-state index in [0.717, 1.165) is 0 Å². The summed E-state index contributed by atoms with van der Waals surface area (Å²) < 4.78 is 1.42. The van der Waals surface area contributed by atoms with Gasteiger partial charge in [0.25, 0.3) is 11.6 Å². The van der Waals surface area contributed by atoms with Crippen molar-refractivity contribution in [2.75, 3.05) is 5.32 Å². The zero-order chi connectivity index (χ0) is 19.6. The molecular weight excluding hydrogens is 374 g/mol. The molecule has 2 aromatic carbocycles. The van der Waals surface area contributed by atoms with Gasteiger partial charge in [-0.05, 0) is 36.4 Å². The van der Waals surface area contributed by atoms with Gasteiger partial charge in [-0.25, -0.2) is 4.68 Å². The molecule has 0 saturated heterocycles. The number of aromatic nitrogens is 2. The Morgan fingerprint density at radius 3 is 2.44 bits per heavy atom. The average molecular weight is 386 g/mol. The van der Waals surface area contributed by atoms with Crippen LogP contribution >= 0.6 is 11.6 Å². The van der Waals surface area contributed by atoms with Crippen molar-refractivity contribution in [1.29, 1.82) is 0 Å². The van der Waals surface area contributed by atoms with E-state index < -0.39 is 16.7 Å². The van der Waals surface area contributed by atoms with Crippen molar-refractivity contribution in [2.24, 2.45) is 5.73 Å². The fourth-order valence-corrected chi connectivity index (χ4v) is 2.58. The van der Waals surface area contributed by atoms with E-state index in [1.807, 2.05) is 0 Å². The van der Waals surface area contributed by atoms with Gasteiger partial charge in [-0.1, -0.05) is 11.6 Å². The Morgan fingerprint density at radius 1 is 1.15 bits per heavy atom. The van der Waals surface area contributed by atoms with Gasteiger partial charge in [-0.2, -0.15) is 5.10 Å². The number of carbonyl (C=O) groups excluding carboxylic acids is 2. The first-order valence-electron chi connectivity index (χ1n) is 7.56. The molecule has 0 spiro atoms. The summed E-state index contributed by atoms with van der Waals surface area (Å²) in [7, 11) is 0. The van der Waals surface area contributed by atoms with Crippen LogP contribution in [-0.4, -0.2) is 26.5 Å². The number of non-ortho nitro benzene ring substituents is 1. The van der Waals surface area contributed by atoms with Crippen LogP contribution in [0.25, 0.3) is 5.69 Å². The molecule has 3 rings (SSSR count). The molecule has 0 bridgehead atoms. The molecule has 1 aromatic heterocycles. The summed E-state index contributed by atoms with van der Waals surface area (Å²) in [6.45, 7) is 0. The number of benzene rings is 2. The standard InChI is InChI=1S/C17H12ClN5O4/c18-14-9-10(1-6-13(14)16(19)24)20-17(25)15-7-8-22(21-15)11-2-4-12(5-3-11)23(26)27/h1-9H,(H2,19,24)(H,20,25). The third-order valence-electron chi connectivity index (χ3n) is 3.64. The number of halogens is 1. The van der Waals surface area contributed by atoms with Crippen LogP contribution in [0, 0.1) is 10.1 Å². The number of anilines is 1. The minimum atomic E-state index is -0.667. The second-order valence-electron chi connectivity index (χ2n) is 5.43. The highest BCUT2D eigenvalue weighted by atomic mass is 35.5. The van der Waals surface area contributed by atoms with Crippen molar-refractivity contribution < 1.29 is 14.5 Å². The monoisotopic (exact) mass is 385 g/mol. The smallest absolute Gasteiger partial charge is 0.276 e. The van der Waals surface area contributed by atoms with Crippen molar-refractivity contribution in [2.45, 2.75) is 0 Å². The van der Waals surface area contributed by atoms with Gasteiger partial charge in [0.05, 0.1) is 21.2 Å². The normalized spacial score (nSPS) is 10.4. The second kappa shape index (κ2) is 7.26. The van der Waals surface area contributed by atoms with Gasteiger partial charge in [0.15, 0.2) is 5.69 Å². The second-order valence-corrected chi connectivity index (χ2v) is 5.84. The van der Waals surface area contributed by atoms with Crippen molar-refractivity contribution in [3.8, 4) is 5.69 Å². The first-order valence-corrected chi connectivity index (χ1v) is 7.94. The molecule has 0 radical (unpaired) electrons. The molecule has 0 aliphatic heterocycles. The first-order chi connectivity index (χ1) is 12.8. The van der Waals surface area contributed by atoms with Crippen LogP contribution in [0.3, 0.4) is 0 Å². The predicted octanol–water partition coefficient (Wildman–Crippen LogP) is 2.79. The van der Waals surface area contributed by atoms with Gasteiger partial charge >= 0.3 is 0 Å². The third kappa shape index (κ3) is 3.93. The number of primary amides is 1. The number of nitrogens with zero attached hydrogens (tertiary/aromatic N) is 3. The molecule has 0 aliphatic carbocycles. The molecule has 3 aromatic rings. The maximum absolute atomic E-state index is 12.3. The summed E-state index contributed by atoms with van der Waals surface area (Å²) >= 11 is 5.95. The van der Waals surface area contributed by atoms with Gasteiger partial charge in [0.1, 0.15) is 0 Å². The van der Waals surface area contributed by atoms with E-state index in [9.17, 15) is 19.7 Å². The highest BCUT2D eigenvalue weighted by Crippen LogP contribution is 2.21. The van der Waals surface area contributed by atoms with E-state index in [1.54, 1.807) is 6.20 Å². The number of nitrogens with one attached hydrogen (secondary N) is 1. The zero-order valence-corrected chi connectivity index (χ0v) is 14.4. The zero-order valence-electron chi connectivity index (χ0n) is 13.6. The SMILES string of the molecule is NC(=O)c1ccc(NC(=O)c2ccn(-c3ccc([N+](=O)[O-])cc3)n2)cc1Cl. The summed E-state index contributed by atoms with van der Waals surface area (Å²) in [4.78, 5) is 33.7. The van der Waals surface area contributed by atoms with Crippen LogP contribution in [0.2, 0.25) is 5.02 Å². The number of nitrogens with two attached hydrogens (primary N) is 1. The summed E-state index contributed by atoms with van der Waals surface area (Å²) in [6.07, 6.45) is 1.55. The maximum atomic E-state index is 12.3. The summed E-state index contributed by atoms with van der Waals surface area (Å²) in [6, 6.07) is 11.6. The lowest BCUT2D eigenvalue weighted by molar-refractivity contribution is -0.384. The quantitative estimate of drug-likeness (QED) is 0.514. The molecule has 0 atom stereocenters. The lowest BCUT2D eigenvalue weighted by atomic mass is 10.2. The van der Waals surface area contributed by atoms with E-state index >= 15 is 0 Å². The van der Waals surface area contributed by atoms with Gasteiger partial charge < -0.3 is 11.1 Å². The highest BCUT2D eigenvalue weighted by Gasteiger charge is 2.13. The lowest BCUT2D eigenvalue weighted by Gasteiger charge is -2.06. The topological polar surface area (TPSA) is 133 Å². The Bertz CT molecular complexity index is 1050. The number of rotatable bonds is 5. The van der Waals surface area contributed by atoms with Crippen LogP contribution in [-0.2, 0) is 0 Å². The van der Waals surface area contributed by atoms with Crippen molar-refractivity contribution in [3.63, 3.8) is 0 Å². The molecule has 1 heterocycles. The maximum Gasteiger partial charge on any atom is 0.276 e. The van der Waals surface area contributed by atoms with Crippen LogP contribution in [0.5, 0.6) is 0 Å². The number of hydrogen-bond acceptors (Lipinski definition) is 5. The fraction of sp³-hybridized carbons (Fsp3) is 0. The Kier molecular flexibility index (Phi) is 4.86.